The minimum atomic E-state index is -0.663. The second-order valence-corrected chi connectivity index (χ2v) is 9.69. The predicted molar refractivity (Wildman–Crippen MR) is 142 cm³/mol. The van der Waals surface area contributed by atoms with Gasteiger partial charge >= 0.3 is 6.09 Å². The van der Waals surface area contributed by atoms with Gasteiger partial charge in [0.05, 0.1) is 36.9 Å². The molecule has 3 heterocycles. The molecule has 1 aliphatic rings. The molecule has 10 heteroatoms. The SMILES string of the molecule is COC(=O)N[C@H](C(=O)N1CCC[C@H]1c1ncc(-c2ccc(-n3cc(-c4ccccc4)nn3)cc2)[nH]1)C(C)C. The van der Waals surface area contributed by atoms with Crippen molar-refractivity contribution in [3.63, 3.8) is 0 Å². The molecule has 5 rings (SSSR count). The summed E-state index contributed by atoms with van der Waals surface area (Å²) in [5, 5.41) is 11.2. The quantitative estimate of drug-likeness (QED) is 0.379. The van der Waals surface area contributed by atoms with Crippen LogP contribution in [-0.2, 0) is 9.53 Å². The number of hydrogen-bond donors (Lipinski definition) is 2. The van der Waals surface area contributed by atoms with Gasteiger partial charge in [-0.2, -0.15) is 0 Å². The number of rotatable bonds is 7. The van der Waals surface area contributed by atoms with Crippen LogP contribution in [-0.4, -0.2) is 61.6 Å². The highest BCUT2D eigenvalue weighted by atomic mass is 16.5. The summed E-state index contributed by atoms with van der Waals surface area (Å²) >= 11 is 0. The Morgan fingerprint density at radius 1 is 1.08 bits per heavy atom. The Kier molecular flexibility index (Phi) is 7.21. The Labute approximate surface area is 221 Å². The fourth-order valence-electron chi connectivity index (χ4n) is 4.77. The molecule has 0 bridgehead atoms. The second-order valence-electron chi connectivity index (χ2n) is 9.69. The summed E-state index contributed by atoms with van der Waals surface area (Å²) in [5.74, 6) is 0.527. The maximum Gasteiger partial charge on any atom is 0.407 e. The van der Waals surface area contributed by atoms with E-state index in [1.54, 1.807) is 15.8 Å². The fourth-order valence-corrected chi connectivity index (χ4v) is 4.77. The highest BCUT2D eigenvalue weighted by Gasteiger charge is 2.37. The summed E-state index contributed by atoms with van der Waals surface area (Å²) in [6, 6.07) is 17.1. The first-order valence-corrected chi connectivity index (χ1v) is 12.7. The number of nitrogens with one attached hydrogen (secondary N) is 2. The number of aromatic amines is 1. The van der Waals surface area contributed by atoms with Crippen LogP contribution in [0, 0.1) is 5.92 Å². The molecule has 0 saturated carbocycles. The Balaban J connectivity index is 1.31. The summed E-state index contributed by atoms with van der Waals surface area (Å²) in [4.78, 5) is 35.0. The number of ether oxygens (including phenoxy) is 1. The molecule has 2 aromatic heterocycles. The molecule has 196 valence electrons. The van der Waals surface area contributed by atoms with Crippen LogP contribution in [0.25, 0.3) is 28.2 Å². The lowest BCUT2D eigenvalue weighted by atomic mass is 10.0. The summed E-state index contributed by atoms with van der Waals surface area (Å²) in [7, 11) is 1.29. The van der Waals surface area contributed by atoms with Gasteiger partial charge in [0.25, 0.3) is 0 Å². The van der Waals surface area contributed by atoms with Crippen molar-refractivity contribution in [1.29, 1.82) is 0 Å². The van der Waals surface area contributed by atoms with Crippen molar-refractivity contribution in [2.75, 3.05) is 13.7 Å². The number of likely N-dealkylation sites (tertiary alicyclic amines) is 1. The molecule has 0 aliphatic carbocycles. The number of aromatic nitrogens is 5. The van der Waals surface area contributed by atoms with E-state index in [0.29, 0.717) is 6.54 Å². The third-order valence-electron chi connectivity index (χ3n) is 6.84. The zero-order chi connectivity index (χ0) is 26.6. The molecule has 10 nitrogen and oxygen atoms in total. The van der Waals surface area contributed by atoms with Crippen LogP contribution in [0.3, 0.4) is 0 Å². The third-order valence-corrected chi connectivity index (χ3v) is 6.84. The number of imidazole rings is 1. The molecule has 2 aromatic carbocycles. The number of hydrogen-bond acceptors (Lipinski definition) is 6. The first-order valence-electron chi connectivity index (χ1n) is 12.7. The molecule has 0 radical (unpaired) electrons. The van der Waals surface area contributed by atoms with Crippen molar-refractivity contribution in [3.8, 4) is 28.2 Å². The van der Waals surface area contributed by atoms with Gasteiger partial charge in [-0.3, -0.25) is 4.79 Å². The van der Waals surface area contributed by atoms with E-state index in [1.165, 1.54) is 7.11 Å². The number of alkyl carbamates (subject to hydrolysis) is 1. The van der Waals surface area contributed by atoms with Crippen LogP contribution in [0.5, 0.6) is 0 Å². The first-order chi connectivity index (χ1) is 18.4. The van der Waals surface area contributed by atoms with E-state index in [-0.39, 0.29) is 17.9 Å². The number of amides is 2. The van der Waals surface area contributed by atoms with Crippen LogP contribution in [0.2, 0.25) is 0 Å². The smallest absolute Gasteiger partial charge is 0.407 e. The lowest BCUT2D eigenvalue weighted by Crippen LogP contribution is -2.51. The van der Waals surface area contributed by atoms with E-state index in [0.717, 1.165) is 46.9 Å². The Hall–Kier alpha value is -4.47. The average Bonchev–Trinajstić information content (AvgIpc) is 3.72. The van der Waals surface area contributed by atoms with Crippen molar-refractivity contribution in [1.82, 2.24) is 35.2 Å². The summed E-state index contributed by atoms with van der Waals surface area (Å²) in [6.07, 6.45) is 4.76. The van der Waals surface area contributed by atoms with Gasteiger partial charge in [0.15, 0.2) is 0 Å². The minimum Gasteiger partial charge on any atom is -0.453 e. The van der Waals surface area contributed by atoms with Gasteiger partial charge in [-0.15, -0.1) is 5.10 Å². The number of nitrogens with zero attached hydrogens (tertiary/aromatic N) is 5. The van der Waals surface area contributed by atoms with Gasteiger partial charge < -0.3 is 19.9 Å². The number of methoxy groups -OCH3 is 1. The zero-order valence-corrected chi connectivity index (χ0v) is 21.7. The third kappa shape index (κ3) is 5.15. The Morgan fingerprint density at radius 2 is 1.84 bits per heavy atom. The number of benzene rings is 2. The average molecular weight is 514 g/mol. The minimum absolute atomic E-state index is 0.0812. The van der Waals surface area contributed by atoms with Crippen molar-refractivity contribution < 1.29 is 14.3 Å². The molecular formula is C28H31N7O3. The van der Waals surface area contributed by atoms with Gasteiger partial charge in [0.1, 0.15) is 17.6 Å². The van der Waals surface area contributed by atoms with E-state index >= 15 is 0 Å². The molecular weight excluding hydrogens is 482 g/mol. The standard InChI is InChI=1S/C28H31N7O3/c1-18(2)25(31-28(37)38-3)27(36)34-15-7-10-24(34)26-29-16-22(30-26)20-11-13-21(14-12-20)35-17-23(32-33-35)19-8-5-4-6-9-19/h4-6,8-9,11-14,16-18,24-25H,7,10,15H2,1-3H3,(H,29,30)(H,31,37)/t24-,25-/m0/s1. The molecule has 1 fully saturated rings. The molecule has 2 atom stereocenters. The fraction of sp³-hybridized carbons (Fsp3) is 0.321. The maximum atomic E-state index is 13.4. The normalized spacial score (nSPS) is 16.0. The first kappa shape index (κ1) is 25.2. The van der Waals surface area contributed by atoms with Crippen molar-refractivity contribution in [2.24, 2.45) is 5.92 Å². The molecule has 38 heavy (non-hydrogen) atoms. The molecule has 1 aliphatic heterocycles. The zero-order valence-electron chi connectivity index (χ0n) is 21.7. The van der Waals surface area contributed by atoms with Crippen LogP contribution in [0.1, 0.15) is 38.6 Å². The molecule has 1 saturated heterocycles. The topological polar surface area (TPSA) is 118 Å². The van der Waals surface area contributed by atoms with Gasteiger partial charge in [-0.25, -0.2) is 14.5 Å². The molecule has 0 spiro atoms. The summed E-state index contributed by atoms with van der Waals surface area (Å²) in [6.45, 7) is 4.42. The van der Waals surface area contributed by atoms with E-state index in [1.807, 2.05) is 74.6 Å². The van der Waals surface area contributed by atoms with Gasteiger partial charge in [0, 0.05) is 12.1 Å². The van der Waals surface area contributed by atoms with Gasteiger partial charge in [0.2, 0.25) is 5.91 Å². The van der Waals surface area contributed by atoms with Gasteiger partial charge in [-0.05, 0) is 36.5 Å². The largest absolute Gasteiger partial charge is 0.453 e. The lowest BCUT2D eigenvalue weighted by molar-refractivity contribution is -0.135. The summed E-state index contributed by atoms with van der Waals surface area (Å²) in [5.41, 5.74) is 4.56. The van der Waals surface area contributed by atoms with E-state index in [4.69, 9.17) is 4.74 Å². The van der Waals surface area contributed by atoms with Crippen LogP contribution < -0.4 is 5.32 Å². The molecule has 0 unspecified atom stereocenters. The number of carbonyl (C=O) groups excluding carboxylic acids is 2. The predicted octanol–water partition coefficient (Wildman–Crippen LogP) is 4.37. The number of carbonyl (C=O) groups is 2. The van der Waals surface area contributed by atoms with Crippen molar-refractivity contribution in [3.05, 3.63) is 72.8 Å². The van der Waals surface area contributed by atoms with Crippen LogP contribution in [0.15, 0.2) is 67.0 Å². The van der Waals surface area contributed by atoms with Crippen LogP contribution >= 0.6 is 0 Å². The van der Waals surface area contributed by atoms with E-state index in [9.17, 15) is 9.59 Å². The van der Waals surface area contributed by atoms with E-state index in [2.05, 4.69) is 25.6 Å². The van der Waals surface area contributed by atoms with Crippen LogP contribution in [0.4, 0.5) is 4.79 Å². The molecule has 2 amide bonds. The van der Waals surface area contributed by atoms with Gasteiger partial charge in [-0.1, -0.05) is 61.5 Å². The summed E-state index contributed by atoms with van der Waals surface area (Å²) < 4.78 is 6.47. The molecule has 4 aromatic rings. The number of H-pyrrole nitrogens is 1. The lowest BCUT2D eigenvalue weighted by Gasteiger charge is -2.30. The highest BCUT2D eigenvalue weighted by molar-refractivity contribution is 5.86. The highest BCUT2D eigenvalue weighted by Crippen LogP contribution is 2.33. The van der Waals surface area contributed by atoms with Crippen molar-refractivity contribution in [2.45, 2.75) is 38.8 Å². The maximum absolute atomic E-state index is 13.4. The monoisotopic (exact) mass is 513 g/mol. The van der Waals surface area contributed by atoms with Crippen molar-refractivity contribution >= 4 is 12.0 Å². The van der Waals surface area contributed by atoms with E-state index < -0.39 is 12.1 Å². The second kappa shape index (κ2) is 10.9. The molecule has 2 N–H and O–H groups in total. The Morgan fingerprint density at radius 3 is 2.55 bits per heavy atom. The Bertz CT molecular complexity index is 1400.